The molecule has 2 aromatic rings. The van der Waals surface area contributed by atoms with Crippen molar-refractivity contribution >= 4 is 21.6 Å². The molecule has 26 heavy (non-hydrogen) atoms. The summed E-state index contributed by atoms with van der Waals surface area (Å²) in [6.07, 6.45) is 3.97. The molecule has 0 bridgehead atoms. The number of hydrogen-bond donors (Lipinski definition) is 2. The number of aryl methyl sites for hydroxylation is 2. The van der Waals surface area contributed by atoms with E-state index in [4.69, 9.17) is 0 Å². The number of allylic oxidation sites excluding steroid dienone is 1. The second-order valence-electron chi connectivity index (χ2n) is 7.41. The van der Waals surface area contributed by atoms with Crippen LogP contribution in [0.15, 0.2) is 17.4 Å². The van der Waals surface area contributed by atoms with Crippen molar-refractivity contribution in [1.29, 1.82) is 0 Å². The number of fused-ring (bicyclic) bond motifs is 1. The maximum Gasteiger partial charge on any atom is 0.259 e. The van der Waals surface area contributed by atoms with Crippen LogP contribution in [0.1, 0.15) is 49.4 Å². The van der Waals surface area contributed by atoms with Crippen molar-refractivity contribution in [3.8, 4) is 0 Å². The van der Waals surface area contributed by atoms with Crippen molar-refractivity contribution in [2.45, 2.75) is 59.6 Å². The Hall–Kier alpha value is -1.50. The molecule has 144 valence electrons. The number of nitrogens with one attached hydrogen (secondary N) is 1. The smallest absolute Gasteiger partial charge is 0.259 e. The first kappa shape index (κ1) is 20.8. The van der Waals surface area contributed by atoms with Gasteiger partial charge >= 0.3 is 0 Å². The second-order valence-corrected chi connectivity index (χ2v) is 8.62. The van der Waals surface area contributed by atoms with Crippen LogP contribution in [0.25, 0.3) is 10.2 Å². The zero-order chi connectivity index (χ0) is 19.3. The molecule has 0 spiro atoms. The molecule has 0 aliphatic carbocycles. The van der Waals surface area contributed by atoms with E-state index < -0.39 is 6.10 Å². The summed E-state index contributed by atoms with van der Waals surface area (Å²) >= 11 is 1.57. The van der Waals surface area contributed by atoms with Gasteiger partial charge in [-0.3, -0.25) is 9.69 Å². The highest BCUT2D eigenvalue weighted by atomic mass is 32.1. The van der Waals surface area contributed by atoms with E-state index in [9.17, 15) is 9.90 Å². The molecule has 2 heterocycles. The third kappa shape index (κ3) is 5.50. The predicted molar refractivity (Wildman–Crippen MR) is 110 cm³/mol. The Labute approximate surface area is 159 Å². The molecule has 6 heteroatoms. The second kappa shape index (κ2) is 9.44. The first-order chi connectivity index (χ1) is 12.3. The minimum Gasteiger partial charge on any atom is -0.392 e. The molecule has 0 amide bonds. The standard InChI is InChI=1S/C20H31N3O2S/c1-6-7-8-16(24)11-23(10-9-13(2)3)12-17-21-19(25)18-14(4)15(5)26-20(18)22-17/h6,13,16,24H,1,7-12H2,2-5H3,(H,21,22,25). The lowest BCUT2D eigenvalue weighted by Crippen LogP contribution is -2.34. The van der Waals surface area contributed by atoms with Crippen LogP contribution in [0.4, 0.5) is 0 Å². The molecule has 2 aromatic heterocycles. The first-order valence-electron chi connectivity index (χ1n) is 9.32. The molecule has 0 saturated carbocycles. The number of rotatable bonds is 10. The average Bonchev–Trinajstić information content (AvgIpc) is 2.85. The highest BCUT2D eigenvalue weighted by Crippen LogP contribution is 2.25. The summed E-state index contributed by atoms with van der Waals surface area (Å²) in [5.74, 6) is 1.25. The Kier molecular flexibility index (Phi) is 7.55. The van der Waals surface area contributed by atoms with E-state index in [1.807, 2.05) is 19.9 Å². The fraction of sp³-hybridized carbons (Fsp3) is 0.600. The van der Waals surface area contributed by atoms with Crippen molar-refractivity contribution < 1.29 is 5.11 Å². The third-order valence-corrected chi connectivity index (χ3v) is 5.76. The molecule has 1 atom stereocenters. The number of H-pyrrole nitrogens is 1. The van der Waals surface area contributed by atoms with Crippen molar-refractivity contribution in [3.63, 3.8) is 0 Å². The summed E-state index contributed by atoms with van der Waals surface area (Å²) in [5, 5.41) is 11.0. The van der Waals surface area contributed by atoms with Gasteiger partial charge in [-0.05, 0) is 51.1 Å². The molecule has 0 aromatic carbocycles. The SMILES string of the molecule is C=CCCC(O)CN(CCC(C)C)Cc1nc2sc(C)c(C)c2c(=O)[nH]1. The van der Waals surface area contributed by atoms with Gasteiger partial charge in [0.2, 0.25) is 0 Å². The topological polar surface area (TPSA) is 69.2 Å². The van der Waals surface area contributed by atoms with Crippen LogP contribution in [0.5, 0.6) is 0 Å². The molecule has 0 radical (unpaired) electrons. The quantitative estimate of drug-likeness (QED) is 0.618. The van der Waals surface area contributed by atoms with Gasteiger partial charge in [-0.15, -0.1) is 17.9 Å². The van der Waals surface area contributed by atoms with Crippen molar-refractivity contribution in [2.75, 3.05) is 13.1 Å². The predicted octanol–water partition coefficient (Wildman–Crippen LogP) is 3.78. The molecule has 0 aliphatic rings. The Bertz CT molecular complexity index is 794. The van der Waals surface area contributed by atoms with Crippen molar-refractivity contribution in [2.24, 2.45) is 5.92 Å². The average molecular weight is 378 g/mol. The van der Waals surface area contributed by atoms with Crippen LogP contribution in [-0.4, -0.2) is 39.2 Å². The highest BCUT2D eigenvalue weighted by Gasteiger charge is 2.16. The summed E-state index contributed by atoms with van der Waals surface area (Å²) in [5.41, 5.74) is 0.949. The van der Waals surface area contributed by atoms with Crippen LogP contribution in [0.3, 0.4) is 0 Å². The largest absolute Gasteiger partial charge is 0.392 e. The summed E-state index contributed by atoms with van der Waals surface area (Å²) in [6, 6.07) is 0. The number of thiophene rings is 1. The Morgan fingerprint density at radius 1 is 1.35 bits per heavy atom. The van der Waals surface area contributed by atoms with Gasteiger partial charge in [0, 0.05) is 11.4 Å². The van der Waals surface area contributed by atoms with Gasteiger partial charge in [-0.25, -0.2) is 4.98 Å². The van der Waals surface area contributed by atoms with Gasteiger partial charge in [-0.2, -0.15) is 0 Å². The molecule has 5 nitrogen and oxygen atoms in total. The van der Waals surface area contributed by atoms with Crippen molar-refractivity contribution in [3.05, 3.63) is 39.3 Å². The lowest BCUT2D eigenvalue weighted by molar-refractivity contribution is 0.0981. The summed E-state index contributed by atoms with van der Waals surface area (Å²) < 4.78 is 0. The van der Waals surface area contributed by atoms with Gasteiger partial charge < -0.3 is 10.1 Å². The van der Waals surface area contributed by atoms with Gasteiger partial charge in [0.15, 0.2) is 0 Å². The molecular weight excluding hydrogens is 346 g/mol. The van der Waals surface area contributed by atoms with Crippen LogP contribution in [0, 0.1) is 19.8 Å². The molecule has 2 N–H and O–H groups in total. The van der Waals surface area contributed by atoms with Gasteiger partial charge in [0.1, 0.15) is 10.7 Å². The van der Waals surface area contributed by atoms with E-state index in [0.717, 1.165) is 34.7 Å². The van der Waals surface area contributed by atoms with Crippen LogP contribution < -0.4 is 5.56 Å². The molecule has 0 aliphatic heterocycles. The first-order valence-corrected chi connectivity index (χ1v) is 10.1. The minimum absolute atomic E-state index is 0.0668. The third-order valence-electron chi connectivity index (χ3n) is 4.66. The molecule has 0 saturated heterocycles. The van der Waals surface area contributed by atoms with E-state index in [2.05, 4.69) is 35.3 Å². The number of hydrogen-bond acceptors (Lipinski definition) is 5. The van der Waals surface area contributed by atoms with Gasteiger partial charge in [0.25, 0.3) is 5.56 Å². The number of nitrogens with zero attached hydrogens (tertiary/aromatic N) is 2. The highest BCUT2D eigenvalue weighted by molar-refractivity contribution is 7.18. The van der Waals surface area contributed by atoms with E-state index in [-0.39, 0.29) is 5.56 Å². The zero-order valence-electron chi connectivity index (χ0n) is 16.3. The van der Waals surface area contributed by atoms with Crippen LogP contribution in [-0.2, 0) is 6.54 Å². The minimum atomic E-state index is -0.401. The fourth-order valence-corrected chi connectivity index (χ4v) is 4.01. The maximum absolute atomic E-state index is 12.5. The van der Waals surface area contributed by atoms with E-state index >= 15 is 0 Å². The zero-order valence-corrected chi connectivity index (χ0v) is 17.2. The van der Waals surface area contributed by atoms with E-state index in [1.54, 1.807) is 11.3 Å². The Morgan fingerprint density at radius 2 is 2.08 bits per heavy atom. The maximum atomic E-state index is 12.5. The molecular formula is C20H31N3O2S. The molecule has 0 fully saturated rings. The number of aliphatic hydroxyl groups is 1. The Balaban J connectivity index is 2.19. The summed E-state index contributed by atoms with van der Waals surface area (Å²) in [6.45, 7) is 14.1. The van der Waals surface area contributed by atoms with Crippen LogP contribution >= 0.6 is 11.3 Å². The Morgan fingerprint density at radius 3 is 2.73 bits per heavy atom. The van der Waals surface area contributed by atoms with Gasteiger partial charge in [0.05, 0.1) is 18.0 Å². The summed E-state index contributed by atoms with van der Waals surface area (Å²) in [7, 11) is 0. The van der Waals surface area contributed by atoms with E-state index in [0.29, 0.717) is 36.6 Å². The normalized spacial score (nSPS) is 13.0. The number of aliphatic hydroxyl groups excluding tert-OH is 1. The molecule has 2 rings (SSSR count). The number of aromatic amines is 1. The fourth-order valence-electron chi connectivity index (χ4n) is 2.96. The lowest BCUT2D eigenvalue weighted by atomic mass is 10.1. The monoisotopic (exact) mass is 377 g/mol. The summed E-state index contributed by atoms with van der Waals surface area (Å²) in [4.78, 5) is 24.2. The molecule has 1 unspecified atom stereocenters. The number of aromatic nitrogens is 2. The van der Waals surface area contributed by atoms with Crippen LogP contribution in [0.2, 0.25) is 0 Å². The lowest BCUT2D eigenvalue weighted by Gasteiger charge is -2.25. The van der Waals surface area contributed by atoms with E-state index in [1.165, 1.54) is 0 Å². The van der Waals surface area contributed by atoms with Gasteiger partial charge in [-0.1, -0.05) is 19.9 Å². The van der Waals surface area contributed by atoms with Crippen molar-refractivity contribution in [1.82, 2.24) is 14.9 Å².